The molecule has 172 valence electrons. The summed E-state index contributed by atoms with van der Waals surface area (Å²) in [5, 5.41) is 9.36. The van der Waals surface area contributed by atoms with Gasteiger partial charge in [-0.25, -0.2) is 4.98 Å². The van der Waals surface area contributed by atoms with Crippen LogP contribution in [0, 0.1) is 6.92 Å². The van der Waals surface area contributed by atoms with Gasteiger partial charge >= 0.3 is 0 Å². The van der Waals surface area contributed by atoms with E-state index in [4.69, 9.17) is 4.74 Å². The monoisotopic (exact) mass is 447 g/mol. The molecule has 2 heterocycles. The third-order valence-corrected chi connectivity index (χ3v) is 5.73. The SMILES string of the molecule is Cc1ccc(-c2cccc(C[C@@]3(C(=O)NC(C)C)CN(C(=O)c4ncn[nH]4)CCO3)c2)cc1. The number of nitrogens with one attached hydrogen (secondary N) is 2. The normalized spacial score (nSPS) is 18.4. The van der Waals surface area contributed by atoms with Crippen molar-refractivity contribution in [3.05, 3.63) is 71.8 Å². The van der Waals surface area contributed by atoms with Crippen LogP contribution in [0.25, 0.3) is 11.1 Å². The van der Waals surface area contributed by atoms with Crippen LogP contribution in [0.1, 0.15) is 35.6 Å². The number of rotatable bonds is 6. The number of H-pyrrole nitrogens is 1. The summed E-state index contributed by atoms with van der Waals surface area (Å²) in [6.07, 6.45) is 1.63. The summed E-state index contributed by atoms with van der Waals surface area (Å²) in [6, 6.07) is 16.4. The smallest absolute Gasteiger partial charge is 0.291 e. The average Bonchev–Trinajstić information content (AvgIpc) is 3.34. The standard InChI is InChI=1S/C25H29N5O3/c1-17(2)28-24(32)25(15-30(11-12-33-25)23(31)22-26-16-27-29-22)14-19-5-4-6-21(13-19)20-9-7-18(3)8-10-20/h4-10,13,16-17H,11-12,14-15H2,1-3H3,(H,28,32)(H,26,27,29)/t25-/m0/s1. The number of carbonyl (C=O) groups is 2. The van der Waals surface area contributed by atoms with E-state index < -0.39 is 5.60 Å². The minimum Gasteiger partial charge on any atom is -0.361 e. The van der Waals surface area contributed by atoms with Crippen molar-refractivity contribution in [2.75, 3.05) is 19.7 Å². The first-order valence-electron chi connectivity index (χ1n) is 11.1. The zero-order chi connectivity index (χ0) is 23.4. The molecule has 2 aromatic carbocycles. The van der Waals surface area contributed by atoms with Crippen molar-refractivity contribution in [3.8, 4) is 11.1 Å². The number of aryl methyl sites for hydroxylation is 1. The molecule has 1 aliphatic rings. The van der Waals surface area contributed by atoms with Gasteiger partial charge in [-0.3, -0.25) is 14.7 Å². The summed E-state index contributed by atoms with van der Waals surface area (Å²) in [7, 11) is 0. The molecular formula is C25H29N5O3. The summed E-state index contributed by atoms with van der Waals surface area (Å²) in [5.41, 5.74) is 3.13. The Labute approximate surface area is 193 Å². The molecule has 2 amide bonds. The van der Waals surface area contributed by atoms with Crippen LogP contribution in [0.15, 0.2) is 54.9 Å². The maximum absolute atomic E-state index is 13.4. The lowest BCUT2D eigenvalue weighted by Crippen LogP contribution is -2.62. The van der Waals surface area contributed by atoms with Gasteiger partial charge in [0.15, 0.2) is 5.60 Å². The van der Waals surface area contributed by atoms with E-state index in [1.807, 2.05) is 26.0 Å². The quantitative estimate of drug-likeness (QED) is 0.605. The van der Waals surface area contributed by atoms with E-state index >= 15 is 0 Å². The Kier molecular flexibility index (Phi) is 6.55. The zero-order valence-electron chi connectivity index (χ0n) is 19.2. The summed E-state index contributed by atoms with van der Waals surface area (Å²) < 4.78 is 6.14. The second-order valence-corrected chi connectivity index (χ2v) is 8.77. The number of hydrogen-bond acceptors (Lipinski definition) is 5. The largest absolute Gasteiger partial charge is 0.361 e. The maximum atomic E-state index is 13.4. The van der Waals surface area contributed by atoms with Crippen molar-refractivity contribution >= 4 is 11.8 Å². The molecule has 0 saturated carbocycles. The van der Waals surface area contributed by atoms with Crippen molar-refractivity contribution in [1.82, 2.24) is 25.4 Å². The Bertz CT molecular complexity index is 1110. The first-order chi connectivity index (χ1) is 15.9. The number of nitrogens with zero attached hydrogens (tertiary/aromatic N) is 3. The van der Waals surface area contributed by atoms with Gasteiger partial charge in [0.1, 0.15) is 6.33 Å². The molecule has 0 spiro atoms. The van der Waals surface area contributed by atoms with Crippen LogP contribution in [0.5, 0.6) is 0 Å². The Balaban J connectivity index is 1.63. The van der Waals surface area contributed by atoms with Crippen LogP contribution in [-0.2, 0) is 16.0 Å². The lowest BCUT2D eigenvalue weighted by molar-refractivity contribution is -0.157. The molecule has 1 saturated heterocycles. The van der Waals surface area contributed by atoms with Gasteiger partial charge < -0.3 is 15.0 Å². The van der Waals surface area contributed by atoms with Crippen LogP contribution in [0.4, 0.5) is 0 Å². The fourth-order valence-electron chi connectivity index (χ4n) is 4.07. The molecule has 1 aromatic heterocycles. The lowest BCUT2D eigenvalue weighted by Gasteiger charge is -2.41. The van der Waals surface area contributed by atoms with Gasteiger partial charge in [0.25, 0.3) is 11.8 Å². The minimum atomic E-state index is -1.20. The van der Waals surface area contributed by atoms with Gasteiger partial charge in [-0.05, 0) is 37.5 Å². The fraction of sp³-hybridized carbons (Fsp3) is 0.360. The minimum absolute atomic E-state index is 0.0581. The van der Waals surface area contributed by atoms with E-state index in [0.717, 1.165) is 16.7 Å². The Hall–Kier alpha value is -3.52. The molecule has 1 fully saturated rings. The second kappa shape index (κ2) is 9.54. The number of hydrogen-bond donors (Lipinski definition) is 2. The van der Waals surface area contributed by atoms with Crippen LogP contribution >= 0.6 is 0 Å². The van der Waals surface area contributed by atoms with Crippen LogP contribution in [-0.4, -0.2) is 63.2 Å². The van der Waals surface area contributed by atoms with Crippen molar-refractivity contribution in [1.29, 1.82) is 0 Å². The molecule has 1 aliphatic heterocycles. The Morgan fingerprint density at radius 2 is 1.97 bits per heavy atom. The third kappa shape index (κ3) is 5.12. The van der Waals surface area contributed by atoms with Gasteiger partial charge in [0, 0.05) is 19.0 Å². The number of morpholine rings is 1. The van der Waals surface area contributed by atoms with Gasteiger partial charge in [0.2, 0.25) is 5.82 Å². The molecule has 1 atom stereocenters. The number of amides is 2. The van der Waals surface area contributed by atoms with Crippen LogP contribution in [0.3, 0.4) is 0 Å². The predicted molar refractivity (Wildman–Crippen MR) is 125 cm³/mol. The highest BCUT2D eigenvalue weighted by Crippen LogP contribution is 2.28. The molecule has 0 bridgehead atoms. The molecular weight excluding hydrogens is 418 g/mol. The molecule has 4 rings (SSSR count). The third-order valence-electron chi connectivity index (χ3n) is 5.73. The number of carbonyl (C=O) groups excluding carboxylic acids is 2. The lowest BCUT2D eigenvalue weighted by atomic mass is 9.89. The summed E-state index contributed by atoms with van der Waals surface area (Å²) in [4.78, 5) is 31.9. The number of aromatic nitrogens is 3. The molecule has 0 aliphatic carbocycles. The van der Waals surface area contributed by atoms with E-state index in [1.165, 1.54) is 11.9 Å². The fourth-order valence-corrected chi connectivity index (χ4v) is 4.07. The van der Waals surface area contributed by atoms with Gasteiger partial charge in [-0.1, -0.05) is 54.1 Å². The van der Waals surface area contributed by atoms with Crippen LogP contribution < -0.4 is 5.32 Å². The summed E-state index contributed by atoms with van der Waals surface area (Å²) in [5.74, 6) is -0.379. The van der Waals surface area contributed by atoms with Gasteiger partial charge in [0.05, 0.1) is 13.2 Å². The van der Waals surface area contributed by atoms with E-state index in [0.29, 0.717) is 13.0 Å². The van der Waals surface area contributed by atoms with E-state index in [1.54, 1.807) is 4.90 Å². The average molecular weight is 448 g/mol. The van der Waals surface area contributed by atoms with Crippen molar-refractivity contribution < 1.29 is 14.3 Å². The predicted octanol–water partition coefficient (Wildman–Crippen LogP) is 2.76. The highest BCUT2D eigenvalue weighted by atomic mass is 16.5. The van der Waals surface area contributed by atoms with E-state index in [2.05, 4.69) is 63.8 Å². The molecule has 8 nitrogen and oxygen atoms in total. The van der Waals surface area contributed by atoms with E-state index in [9.17, 15) is 9.59 Å². The van der Waals surface area contributed by atoms with Gasteiger partial charge in [-0.2, -0.15) is 5.10 Å². The first kappa shape index (κ1) is 22.7. The first-order valence-corrected chi connectivity index (χ1v) is 11.1. The molecule has 8 heteroatoms. The number of ether oxygens (including phenoxy) is 1. The molecule has 33 heavy (non-hydrogen) atoms. The van der Waals surface area contributed by atoms with Crippen LogP contribution in [0.2, 0.25) is 0 Å². The summed E-state index contributed by atoms with van der Waals surface area (Å²) >= 11 is 0. The summed E-state index contributed by atoms with van der Waals surface area (Å²) in [6.45, 7) is 6.62. The number of aromatic amines is 1. The van der Waals surface area contributed by atoms with Crippen molar-refractivity contribution in [3.63, 3.8) is 0 Å². The molecule has 0 unspecified atom stereocenters. The Morgan fingerprint density at radius 1 is 1.18 bits per heavy atom. The van der Waals surface area contributed by atoms with E-state index in [-0.39, 0.29) is 36.8 Å². The highest BCUT2D eigenvalue weighted by molar-refractivity contribution is 5.92. The molecule has 0 radical (unpaired) electrons. The Morgan fingerprint density at radius 3 is 2.67 bits per heavy atom. The molecule has 3 aromatic rings. The topological polar surface area (TPSA) is 100 Å². The van der Waals surface area contributed by atoms with Crippen molar-refractivity contribution in [2.45, 2.75) is 38.8 Å². The zero-order valence-corrected chi connectivity index (χ0v) is 19.2. The second-order valence-electron chi connectivity index (χ2n) is 8.77. The highest BCUT2D eigenvalue weighted by Gasteiger charge is 2.45. The molecule has 2 N–H and O–H groups in total. The van der Waals surface area contributed by atoms with Crippen molar-refractivity contribution in [2.24, 2.45) is 0 Å². The van der Waals surface area contributed by atoms with Gasteiger partial charge in [-0.15, -0.1) is 0 Å². The number of benzene rings is 2. The maximum Gasteiger partial charge on any atom is 0.291 e.